The Morgan fingerprint density at radius 1 is 1.39 bits per heavy atom. The lowest BCUT2D eigenvalue weighted by Gasteiger charge is -2.02. The highest BCUT2D eigenvalue weighted by molar-refractivity contribution is 5.93. The number of aromatic nitrogens is 1. The third kappa shape index (κ3) is 2.53. The number of rotatable bonds is 3. The Kier molecular flexibility index (Phi) is 3.67. The normalized spacial score (nSPS) is 11.0. The number of esters is 1. The second-order valence-corrected chi connectivity index (χ2v) is 3.62. The summed E-state index contributed by atoms with van der Waals surface area (Å²) in [6.45, 7) is 2.05. The quantitative estimate of drug-likeness (QED) is 0.616. The minimum atomic E-state index is -0.437. The maximum atomic E-state index is 13.5. The van der Waals surface area contributed by atoms with Crippen LogP contribution < -0.4 is 0 Å². The molecule has 0 saturated heterocycles. The number of hydrogen-bond acceptors (Lipinski definition) is 3. The summed E-state index contributed by atoms with van der Waals surface area (Å²) in [5, 5.41) is 1.15. The molecular weight excluding hydrogens is 233 g/mol. The van der Waals surface area contributed by atoms with Gasteiger partial charge in [-0.15, -0.1) is 0 Å². The van der Waals surface area contributed by atoms with Gasteiger partial charge in [-0.05, 0) is 25.1 Å². The van der Waals surface area contributed by atoms with Crippen LogP contribution in [0.25, 0.3) is 16.8 Å². The van der Waals surface area contributed by atoms with Gasteiger partial charge in [0.05, 0.1) is 12.3 Å². The fourth-order valence-electron chi connectivity index (χ4n) is 1.66. The molecule has 0 atom stereocenters. The van der Waals surface area contributed by atoms with Crippen molar-refractivity contribution in [3.8, 4) is 0 Å². The van der Waals surface area contributed by atoms with E-state index < -0.39 is 5.97 Å². The van der Waals surface area contributed by atoms with Gasteiger partial charge in [0.1, 0.15) is 5.82 Å². The summed E-state index contributed by atoms with van der Waals surface area (Å²) in [5.41, 5.74) is 0.542. The zero-order chi connectivity index (χ0) is 13.0. The van der Waals surface area contributed by atoms with Crippen molar-refractivity contribution in [3.05, 3.63) is 48.0 Å². The van der Waals surface area contributed by atoms with Gasteiger partial charge < -0.3 is 4.74 Å². The highest BCUT2D eigenvalue weighted by Gasteiger charge is 2.04. The molecule has 0 aliphatic heterocycles. The molecule has 0 bridgehead atoms. The van der Waals surface area contributed by atoms with Crippen molar-refractivity contribution in [2.45, 2.75) is 6.92 Å². The lowest BCUT2D eigenvalue weighted by atomic mass is 10.1. The van der Waals surface area contributed by atoms with E-state index in [1.165, 1.54) is 24.4 Å². The average Bonchev–Trinajstić information content (AvgIpc) is 2.37. The van der Waals surface area contributed by atoms with Crippen LogP contribution in [0.4, 0.5) is 4.39 Å². The minimum Gasteiger partial charge on any atom is -0.463 e. The molecule has 1 aromatic heterocycles. The van der Waals surface area contributed by atoms with Crippen molar-refractivity contribution < 1.29 is 13.9 Å². The Hall–Kier alpha value is -2.23. The lowest BCUT2D eigenvalue weighted by molar-refractivity contribution is -0.137. The van der Waals surface area contributed by atoms with Gasteiger partial charge in [-0.2, -0.15) is 0 Å². The van der Waals surface area contributed by atoms with Crippen LogP contribution in [0.5, 0.6) is 0 Å². The summed E-state index contributed by atoms with van der Waals surface area (Å²) < 4.78 is 18.3. The third-order valence-corrected chi connectivity index (χ3v) is 2.45. The lowest BCUT2D eigenvalue weighted by Crippen LogP contribution is -1.99. The number of halogens is 1. The Balaban J connectivity index is 2.40. The summed E-state index contributed by atoms with van der Waals surface area (Å²) in [6, 6.07) is 6.37. The van der Waals surface area contributed by atoms with Crippen LogP contribution in [0.3, 0.4) is 0 Å². The topological polar surface area (TPSA) is 39.2 Å². The van der Waals surface area contributed by atoms with E-state index >= 15 is 0 Å². The second-order valence-electron chi connectivity index (χ2n) is 3.62. The number of carbonyl (C=O) groups is 1. The van der Waals surface area contributed by atoms with Crippen LogP contribution in [-0.2, 0) is 9.53 Å². The van der Waals surface area contributed by atoms with Gasteiger partial charge in [0.2, 0.25) is 0 Å². The zero-order valence-electron chi connectivity index (χ0n) is 9.89. The van der Waals surface area contributed by atoms with E-state index in [9.17, 15) is 9.18 Å². The molecule has 18 heavy (non-hydrogen) atoms. The van der Waals surface area contributed by atoms with Gasteiger partial charge in [0, 0.05) is 23.0 Å². The Labute approximate surface area is 104 Å². The first-order valence-electron chi connectivity index (χ1n) is 5.60. The van der Waals surface area contributed by atoms with Crippen LogP contribution in [0.15, 0.2) is 36.5 Å². The molecule has 0 fully saturated rings. The van der Waals surface area contributed by atoms with E-state index in [1.807, 2.05) is 0 Å². The number of hydrogen-bond donors (Lipinski definition) is 0. The Bertz CT molecular complexity index is 608. The fraction of sp³-hybridized carbons (Fsp3) is 0.143. The van der Waals surface area contributed by atoms with Crippen molar-refractivity contribution in [2.24, 2.45) is 0 Å². The molecule has 0 unspecified atom stereocenters. The standard InChI is InChI=1S/C14H12FNO2/c1-2-18-14(17)7-6-13-11-4-3-5-12(15)10(11)8-9-16-13/h3-9H,2H2,1H3/b7-6+. The summed E-state index contributed by atoms with van der Waals surface area (Å²) in [7, 11) is 0. The summed E-state index contributed by atoms with van der Waals surface area (Å²) in [6.07, 6.45) is 4.33. The molecule has 0 saturated carbocycles. The Morgan fingerprint density at radius 2 is 2.22 bits per heavy atom. The molecular formula is C14H12FNO2. The SMILES string of the molecule is CCOC(=O)/C=C/c1nccc2c(F)cccc12. The molecule has 0 spiro atoms. The van der Waals surface area contributed by atoms with Crippen LogP contribution >= 0.6 is 0 Å². The number of pyridine rings is 1. The monoisotopic (exact) mass is 245 g/mol. The summed E-state index contributed by atoms with van der Waals surface area (Å²) in [4.78, 5) is 15.3. The van der Waals surface area contributed by atoms with E-state index in [4.69, 9.17) is 4.74 Å². The van der Waals surface area contributed by atoms with E-state index in [1.54, 1.807) is 25.1 Å². The molecule has 0 amide bonds. The molecule has 1 heterocycles. The molecule has 1 aromatic carbocycles. The summed E-state index contributed by atoms with van der Waals surface area (Å²) >= 11 is 0. The largest absolute Gasteiger partial charge is 0.463 e. The molecule has 92 valence electrons. The van der Waals surface area contributed by atoms with E-state index in [-0.39, 0.29) is 5.82 Å². The van der Waals surface area contributed by atoms with Gasteiger partial charge >= 0.3 is 5.97 Å². The number of ether oxygens (including phenoxy) is 1. The molecule has 0 aliphatic rings. The molecule has 0 aliphatic carbocycles. The minimum absolute atomic E-state index is 0.305. The van der Waals surface area contributed by atoms with Gasteiger partial charge in [-0.3, -0.25) is 4.98 Å². The fourth-order valence-corrected chi connectivity index (χ4v) is 1.66. The predicted molar refractivity (Wildman–Crippen MR) is 67.4 cm³/mol. The molecule has 2 rings (SSSR count). The number of fused-ring (bicyclic) bond motifs is 1. The van der Waals surface area contributed by atoms with Crippen LogP contribution in [0.1, 0.15) is 12.6 Å². The zero-order valence-corrected chi connectivity index (χ0v) is 9.89. The summed E-state index contributed by atoms with van der Waals surface area (Å²) in [5.74, 6) is -0.742. The van der Waals surface area contributed by atoms with Crippen LogP contribution in [0.2, 0.25) is 0 Å². The number of benzene rings is 1. The first-order valence-corrected chi connectivity index (χ1v) is 5.60. The molecule has 0 radical (unpaired) electrons. The number of nitrogens with zero attached hydrogens (tertiary/aromatic N) is 1. The van der Waals surface area contributed by atoms with Gasteiger partial charge in [0.25, 0.3) is 0 Å². The van der Waals surface area contributed by atoms with Crippen molar-refractivity contribution >= 4 is 22.8 Å². The second kappa shape index (κ2) is 5.40. The first kappa shape index (κ1) is 12.2. The third-order valence-electron chi connectivity index (χ3n) is 2.45. The van der Waals surface area contributed by atoms with Gasteiger partial charge in [-0.25, -0.2) is 9.18 Å². The maximum Gasteiger partial charge on any atom is 0.330 e. The smallest absolute Gasteiger partial charge is 0.330 e. The Morgan fingerprint density at radius 3 is 3.00 bits per heavy atom. The highest BCUT2D eigenvalue weighted by Crippen LogP contribution is 2.20. The predicted octanol–water partition coefficient (Wildman–Crippen LogP) is 2.95. The highest BCUT2D eigenvalue weighted by atomic mass is 19.1. The van der Waals surface area contributed by atoms with Crippen molar-refractivity contribution in [1.82, 2.24) is 4.98 Å². The van der Waals surface area contributed by atoms with Crippen molar-refractivity contribution in [2.75, 3.05) is 6.61 Å². The molecule has 4 heteroatoms. The van der Waals surface area contributed by atoms with E-state index in [0.717, 1.165) is 0 Å². The molecule has 0 N–H and O–H groups in total. The maximum absolute atomic E-state index is 13.5. The van der Waals surface area contributed by atoms with Gasteiger partial charge in [-0.1, -0.05) is 12.1 Å². The molecule has 2 aromatic rings. The average molecular weight is 245 g/mol. The van der Waals surface area contributed by atoms with Crippen molar-refractivity contribution in [3.63, 3.8) is 0 Å². The van der Waals surface area contributed by atoms with E-state index in [0.29, 0.717) is 23.1 Å². The van der Waals surface area contributed by atoms with E-state index in [2.05, 4.69) is 4.98 Å². The van der Waals surface area contributed by atoms with Gasteiger partial charge in [0.15, 0.2) is 0 Å². The van der Waals surface area contributed by atoms with Crippen LogP contribution in [-0.4, -0.2) is 17.6 Å². The van der Waals surface area contributed by atoms with Crippen molar-refractivity contribution in [1.29, 1.82) is 0 Å². The van der Waals surface area contributed by atoms with Crippen LogP contribution in [0, 0.1) is 5.82 Å². The molecule has 3 nitrogen and oxygen atoms in total. The first-order chi connectivity index (χ1) is 8.72. The number of carbonyl (C=O) groups excluding carboxylic acids is 1.